The van der Waals surface area contributed by atoms with E-state index in [0.29, 0.717) is 22.6 Å². The lowest BCUT2D eigenvalue weighted by atomic mass is 9.86. The van der Waals surface area contributed by atoms with Gasteiger partial charge in [0.05, 0.1) is 12.1 Å². The molecule has 35 heavy (non-hydrogen) atoms. The lowest BCUT2D eigenvalue weighted by molar-refractivity contribution is -0.346. The van der Waals surface area contributed by atoms with Gasteiger partial charge in [0.2, 0.25) is 5.92 Å². The molecule has 0 fully saturated rings. The van der Waals surface area contributed by atoms with Crippen LogP contribution in [0, 0.1) is 5.92 Å². The summed E-state index contributed by atoms with van der Waals surface area (Å²) < 4.78 is 13.0. The number of halogens is 1. The number of oxazole rings is 1. The fourth-order valence-corrected chi connectivity index (χ4v) is 5.11. The number of aryl methyl sites for hydroxylation is 1. The summed E-state index contributed by atoms with van der Waals surface area (Å²) >= 11 is 6.42. The first-order chi connectivity index (χ1) is 16.8. The Labute approximate surface area is 205 Å². The molecule has 180 valence electrons. The van der Waals surface area contributed by atoms with Crippen molar-refractivity contribution in [2.75, 3.05) is 6.61 Å². The highest BCUT2D eigenvalue weighted by Gasteiger charge is 2.52. The second-order valence-corrected chi connectivity index (χ2v) is 8.94. The molecule has 1 aromatic heterocycles. The van der Waals surface area contributed by atoms with Crippen LogP contribution in [0.1, 0.15) is 36.9 Å². The van der Waals surface area contributed by atoms with Crippen LogP contribution in [0.25, 0.3) is 11.1 Å². The van der Waals surface area contributed by atoms with Crippen molar-refractivity contribution in [3.63, 3.8) is 0 Å². The summed E-state index contributed by atoms with van der Waals surface area (Å²) in [6.45, 7) is 1.74. The van der Waals surface area contributed by atoms with Crippen LogP contribution in [0.4, 0.5) is 10.5 Å². The van der Waals surface area contributed by atoms with Crippen molar-refractivity contribution in [2.24, 2.45) is 13.0 Å². The summed E-state index contributed by atoms with van der Waals surface area (Å²) in [4.78, 5) is 53.1. The number of urea groups is 1. The maximum absolute atomic E-state index is 13.8. The van der Waals surface area contributed by atoms with Gasteiger partial charge in [-0.1, -0.05) is 23.7 Å². The van der Waals surface area contributed by atoms with E-state index in [1.807, 2.05) is 6.07 Å². The van der Waals surface area contributed by atoms with Gasteiger partial charge in [-0.3, -0.25) is 9.36 Å². The fraction of sp³-hybridized carbons (Fsp3) is 0.320. The Bertz CT molecular complexity index is 1470. The average Bonchev–Trinajstić information content (AvgIpc) is 3.12. The second-order valence-electron chi connectivity index (χ2n) is 8.53. The number of hydrogen-bond donors (Lipinski definition) is 0. The molecule has 0 spiro atoms. The highest BCUT2D eigenvalue weighted by Crippen LogP contribution is 2.39. The zero-order chi connectivity index (χ0) is 24.9. The van der Waals surface area contributed by atoms with Crippen molar-refractivity contribution < 1.29 is 28.1 Å². The summed E-state index contributed by atoms with van der Waals surface area (Å²) in [6.07, 6.45) is 3.28. The first kappa shape index (κ1) is 23.0. The molecule has 2 aromatic carbocycles. The van der Waals surface area contributed by atoms with Gasteiger partial charge in [0.25, 0.3) is 0 Å². The summed E-state index contributed by atoms with van der Waals surface area (Å²) in [5, 5.41) is 0.582. The predicted molar refractivity (Wildman–Crippen MR) is 127 cm³/mol. The van der Waals surface area contributed by atoms with E-state index in [1.165, 1.54) is 21.4 Å². The smallest absolute Gasteiger partial charge is 0.465 e. The summed E-state index contributed by atoms with van der Waals surface area (Å²) in [6, 6.07) is 9.06. The molecule has 1 aliphatic carbocycles. The van der Waals surface area contributed by atoms with Crippen molar-refractivity contribution in [3.05, 3.63) is 63.1 Å². The van der Waals surface area contributed by atoms with E-state index in [1.54, 1.807) is 38.2 Å². The second kappa shape index (κ2) is 8.81. The maximum Gasteiger partial charge on any atom is 0.506 e. The molecule has 0 bridgehead atoms. The van der Waals surface area contributed by atoms with Crippen LogP contribution in [-0.2, 0) is 27.8 Å². The number of amides is 3. The number of aromatic nitrogens is 1. The quantitative estimate of drug-likeness (QED) is 0.310. The van der Waals surface area contributed by atoms with E-state index < -0.39 is 35.6 Å². The molecule has 3 aromatic rings. The number of rotatable bonds is 4. The predicted octanol–water partition coefficient (Wildman–Crippen LogP) is 3.72. The van der Waals surface area contributed by atoms with E-state index in [4.69, 9.17) is 20.8 Å². The summed E-state index contributed by atoms with van der Waals surface area (Å²) in [5.74, 6) is -3.23. The Kier molecular flexibility index (Phi) is 5.80. The van der Waals surface area contributed by atoms with E-state index in [9.17, 15) is 19.2 Å². The van der Waals surface area contributed by atoms with Gasteiger partial charge in [0.15, 0.2) is 5.58 Å². The summed E-state index contributed by atoms with van der Waals surface area (Å²) in [5.41, 5.74) is 2.87. The van der Waals surface area contributed by atoms with Crippen LogP contribution in [0.5, 0.6) is 0 Å². The van der Waals surface area contributed by atoms with Gasteiger partial charge in [0.1, 0.15) is 17.9 Å². The van der Waals surface area contributed by atoms with Crippen molar-refractivity contribution in [2.45, 2.75) is 32.2 Å². The molecule has 0 saturated heterocycles. The van der Waals surface area contributed by atoms with E-state index in [-0.39, 0.29) is 12.2 Å². The minimum Gasteiger partial charge on any atom is -0.465 e. The maximum atomic E-state index is 13.8. The SMILES string of the molecule is CCOC(=O)C1C=[N+](c2ccc3c(c2)oc(=O)n3C)C(=O)N(C2CCCc3c(Cl)cccc32)C1=O. The largest absolute Gasteiger partial charge is 0.506 e. The molecule has 10 heteroatoms. The molecular formula is C25H23ClN3O6+. The minimum atomic E-state index is -1.31. The number of nitrogens with zero attached hydrogens (tertiary/aromatic N) is 3. The molecule has 2 atom stereocenters. The third kappa shape index (κ3) is 3.76. The van der Waals surface area contributed by atoms with Gasteiger partial charge in [-0.25, -0.2) is 9.59 Å². The number of esters is 1. The monoisotopic (exact) mass is 496 g/mol. The topological polar surface area (TPSA) is 102 Å². The van der Waals surface area contributed by atoms with E-state index in [2.05, 4.69) is 0 Å². The van der Waals surface area contributed by atoms with Crippen molar-refractivity contribution in [1.82, 2.24) is 9.47 Å². The molecule has 2 heterocycles. The summed E-state index contributed by atoms with van der Waals surface area (Å²) in [7, 11) is 1.58. The zero-order valence-corrected chi connectivity index (χ0v) is 19.9. The molecule has 0 N–H and O–H groups in total. The lowest BCUT2D eigenvalue weighted by Gasteiger charge is -2.32. The van der Waals surface area contributed by atoms with E-state index >= 15 is 0 Å². The van der Waals surface area contributed by atoms with Crippen molar-refractivity contribution >= 4 is 52.5 Å². The minimum absolute atomic E-state index is 0.0907. The number of carbonyl (C=O) groups excluding carboxylic acids is 3. The Balaban J connectivity index is 1.64. The first-order valence-electron chi connectivity index (χ1n) is 11.4. The molecule has 9 nitrogen and oxygen atoms in total. The lowest BCUT2D eigenvalue weighted by Crippen LogP contribution is -2.54. The van der Waals surface area contributed by atoms with Crippen LogP contribution in [-0.4, -0.2) is 44.8 Å². The molecule has 1 aliphatic heterocycles. The molecule has 0 saturated carbocycles. The van der Waals surface area contributed by atoms with Gasteiger partial charge in [-0.2, -0.15) is 14.3 Å². The highest BCUT2D eigenvalue weighted by molar-refractivity contribution is 6.31. The third-order valence-electron chi connectivity index (χ3n) is 6.54. The van der Waals surface area contributed by atoms with Crippen LogP contribution < -0.4 is 5.76 Å². The van der Waals surface area contributed by atoms with Crippen LogP contribution in [0.3, 0.4) is 0 Å². The number of benzene rings is 2. The molecule has 5 rings (SSSR count). The molecule has 0 radical (unpaired) electrons. The Morgan fingerprint density at radius 2 is 2.03 bits per heavy atom. The highest BCUT2D eigenvalue weighted by atomic mass is 35.5. The van der Waals surface area contributed by atoms with Gasteiger partial charge in [0, 0.05) is 23.7 Å². The zero-order valence-electron chi connectivity index (χ0n) is 19.2. The Morgan fingerprint density at radius 1 is 1.23 bits per heavy atom. The first-order valence-corrected chi connectivity index (χ1v) is 11.7. The van der Waals surface area contributed by atoms with Crippen LogP contribution in [0.2, 0.25) is 5.02 Å². The number of imide groups is 1. The molecular weight excluding hydrogens is 474 g/mol. The van der Waals surface area contributed by atoms with Gasteiger partial charge in [-0.05, 0) is 49.9 Å². The number of ether oxygens (including phenoxy) is 1. The average molecular weight is 497 g/mol. The van der Waals surface area contributed by atoms with Gasteiger partial charge >= 0.3 is 23.7 Å². The molecule has 3 amide bonds. The number of carbonyl (C=O) groups is 3. The third-order valence-corrected chi connectivity index (χ3v) is 6.89. The van der Waals surface area contributed by atoms with Crippen LogP contribution in [0.15, 0.2) is 45.6 Å². The van der Waals surface area contributed by atoms with Crippen molar-refractivity contribution in [1.29, 1.82) is 0 Å². The fourth-order valence-electron chi connectivity index (χ4n) is 4.83. The normalized spacial score (nSPS) is 20.1. The molecule has 2 aliphatic rings. The number of fused-ring (bicyclic) bond motifs is 2. The Hall–Kier alpha value is -3.72. The number of hydrogen-bond acceptors (Lipinski definition) is 6. The Morgan fingerprint density at radius 3 is 2.80 bits per heavy atom. The van der Waals surface area contributed by atoms with E-state index in [0.717, 1.165) is 28.9 Å². The van der Waals surface area contributed by atoms with Crippen molar-refractivity contribution in [3.8, 4) is 0 Å². The van der Waals surface area contributed by atoms with Gasteiger partial charge in [-0.15, -0.1) is 0 Å². The van der Waals surface area contributed by atoms with Crippen LogP contribution >= 0.6 is 11.6 Å². The standard InChI is InChI=1S/C25H23ClN3O6/c1-3-34-23(31)17-13-28(14-10-11-20-21(12-14)35-25(33)27(20)2)24(32)29(22(17)30)19-9-5-6-15-16(19)7-4-8-18(15)26/h4,7-8,10-13,17,19H,3,5-6,9H2,1-2H3/q+1. The van der Waals surface area contributed by atoms with Gasteiger partial charge < -0.3 is 9.15 Å². The molecule has 2 unspecified atom stereocenters.